The number of rotatable bonds is 5. The molecule has 0 fully saturated rings. The van der Waals surface area contributed by atoms with Gasteiger partial charge in [-0.1, -0.05) is 23.5 Å². The number of hydrogen-bond acceptors (Lipinski definition) is 3. The van der Waals surface area contributed by atoms with Crippen molar-refractivity contribution in [3.63, 3.8) is 0 Å². The number of carbonyl (C=O) groups is 1. The van der Waals surface area contributed by atoms with E-state index in [2.05, 4.69) is 4.99 Å². The first-order chi connectivity index (χ1) is 13.3. The number of halogens is 3. The van der Waals surface area contributed by atoms with Crippen molar-refractivity contribution in [2.24, 2.45) is 4.99 Å². The monoisotopic (exact) mass is 408 g/mol. The van der Waals surface area contributed by atoms with Crippen LogP contribution < -0.4 is 4.80 Å². The van der Waals surface area contributed by atoms with Crippen molar-refractivity contribution >= 4 is 27.5 Å². The molecule has 0 spiro atoms. The third-order valence-electron chi connectivity index (χ3n) is 4.14. The van der Waals surface area contributed by atoms with Gasteiger partial charge in [0.25, 0.3) is 5.91 Å². The molecule has 0 bridgehead atoms. The van der Waals surface area contributed by atoms with Crippen LogP contribution in [0.4, 0.5) is 13.2 Å². The first-order valence-corrected chi connectivity index (χ1v) is 9.55. The zero-order chi connectivity index (χ0) is 20.3. The summed E-state index contributed by atoms with van der Waals surface area (Å²) in [5.41, 5.74) is 1.01. The molecular weight excluding hydrogens is 389 g/mol. The van der Waals surface area contributed by atoms with Gasteiger partial charge >= 0.3 is 6.18 Å². The van der Waals surface area contributed by atoms with Crippen LogP contribution >= 0.6 is 11.3 Å². The minimum atomic E-state index is -4.51. The summed E-state index contributed by atoms with van der Waals surface area (Å²) >= 11 is 1.33. The molecule has 3 aromatic rings. The fraction of sp³-hybridized carbons (Fsp3) is 0.300. The SMILES string of the molecule is CCOCCn1c(=NC(=O)c2cccc(C(F)(F)F)c2)sc2cc(C)ccc21. The molecule has 2 aromatic carbocycles. The van der Waals surface area contributed by atoms with Crippen molar-refractivity contribution in [1.29, 1.82) is 0 Å². The average Bonchev–Trinajstić information content (AvgIpc) is 2.97. The minimum absolute atomic E-state index is 0.0974. The number of aromatic nitrogens is 1. The van der Waals surface area contributed by atoms with E-state index in [4.69, 9.17) is 4.74 Å². The molecule has 1 amide bonds. The Morgan fingerprint density at radius 2 is 2.00 bits per heavy atom. The number of ether oxygens (including phenoxy) is 1. The van der Waals surface area contributed by atoms with Gasteiger partial charge < -0.3 is 9.30 Å². The van der Waals surface area contributed by atoms with Gasteiger partial charge in [0, 0.05) is 18.7 Å². The highest BCUT2D eigenvalue weighted by Crippen LogP contribution is 2.29. The molecule has 0 aliphatic carbocycles. The molecule has 0 saturated carbocycles. The summed E-state index contributed by atoms with van der Waals surface area (Å²) in [6.07, 6.45) is -4.51. The lowest BCUT2D eigenvalue weighted by molar-refractivity contribution is -0.137. The van der Waals surface area contributed by atoms with Gasteiger partial charge in [0.05, 0.1) is 22.4 Å². The van der Waals surface area contributed by atoms with Gasteiger partial charge in [-0.15, -0.1) is 0 Å². The van der Waals surface area contributed by atoms with Gasteiger partial charge in [-0.3, -0.25) is 4.79 Å². The Hall–Kier alpha value is -2.45. The zero-order valence-electron chi connectivity index (χ0n) is 15.4. The van der Waals surface area contributed by atoms with Crippen LogP contribution in [0.1, 0.15) is 28.4 Å². The molecule has 28 heavy (non-hydrogen) atoms. The molecule has 4 nitrogen and oxygen atoms in total. The zero-order valence-corrected chi connectivity index (χ0v) is 16.2. The lowest BCUT2D eigenvalue weighted by Gasteiger charge is -2.07. The summed E-state index contributed by atoms with van der Waals surface area (Å²) in [6.45, 7) is 5.36. The first-order valence-electron chi connectivity index (χ1n) is 8.73. The maximum absolute atomic E-state index is 12.9. The van der Waals surface area contributed by atoms with Crippen LogP contribution in [0.3, 0.4) is 0 Å². The Kier molecular flexibility index (Phi) is 6.00. The molecule has 1 heterocycles. The van der Waals surface area contributed by atoms with Crippen molar-refractivity contribution in [3.05, 3.63) is 64.0 Å². The second-order valence-electron chi connectivity index (χ2n) is 6.20. The van der Waals surface area contributed by atoms with Gasteiger partial charge in [0.2, 0.25) is 0 Å². The van der Waals surface area contributed by atoms with E-state index in [9.17, 15) is 18.0 Å². The molecule has 0 atom stereocenters. The topological polar surface area (TPSA) is 43.6 Å². The Morgan fingerprint density at radius 3 is 2.71 bits per heavy atom. The summed E-state index contributed by atoms with van der Waals surface area (Å²) in [5, 5.41) is 0. The van der Waals surface area contributed by atoms with Crippen molar-refractivity contribution < 1.29 is 22.7 Å². The summed E-state index contributed by atoms with van der Waals surface area (Å²) in [4.78, 5) is 17.1. The summed E-state index contributed by atoms with van der Waals surface area (Å²) in [5.74, 6) is -0.709. The standard InChI is InChI=1S/C20H19F3N2O2S/c1-3-27-10-9-25-16-8-7-13(2)11-17(16)28-19(25)24-18(26)14-5-4-6-15(12-14)20(21,22)23/h4-8,11-12H,3,9-10H2,1-2H3. The number of thiazole rings is 1. The number of amides is 1. The van der Waals surface area contributed by atoms with Crippen LogP contribution in [0.5, 0.6) is 0 Å². The van der Waals surface area contributed by atoms with E-state index in [-0.39, 0.29) is 5.56 Å². The van der Waals surface area contributed by atoms with Gasteiger partial charge in [-0.25, -0.2) is 0 Å². The number of carbonyl (C=O) groups excluding carboxylic acids is 1. The number of hydrogen-bond donors (Lipinski definition) is 0. The Balaban J connectivity index is 2.05. The number of fused-ring (bicyclic) bond motifs is 1. The van der Waals surface area contributed by atoms with Crippen molar-refractivity contribution in [3.8, 4) is 0 Å². The van der Waals surface area contributed by atoms with Crippen LogP contribution in [-0.4, -0.2) is 23.7 Å². The smallest absolute Gasteiger partial charge is 0.380 e. The second kappa shape index (κ2) is 8.28. The molecule has 0 saturated heterocycles. The van der Waals surface area contributed by atoms with Crippen LogP contribution in [0, 0.1) is 6.92 Å². The lowest BCUT2D eigenvalue weighted by Crippen LogP contribution is -2.20. The number of benzene rings is 2. The molecule has 0 unspecified atom stereocenters. The molecule has 0 N–H and O–H groups in total. The van der Waals surface area contributed by atoms with Crippen LogP contribution in [0.2, 0.25) is 0 Å². The number of aryl methyl sites for hydroxylation is 1. The Labute approximate surface area is 163 Å². The summed E-state index contributed by atoms with van der Waals surface area (Å²) in [6, 6.07) is 10.2. The van der Waals surface area contributed by atoms with Gasteiger partial charge in [0.15, 0.2) is 4.80 Å². The van der Waals surface area contributed by atoms with E-state index in [0.717, 1.165) is 27.9 Å². The van der Waals surface area contributed by atoms with E-state index in [1.165, 1.54) is 23.5 Å². The molecule has 0 radical (unpaired) electrons. The second-order valence-corrected chi connectivity index (χ2v) is 7.21. The fourth-order valence-corrected chi connectivity index (χ4v) is 3.91. The van der Waals surface area contributed by atoms with Crippen LogP contribution in [0.25, 0.3) is 10.2 Å². The van der Waals surface area contributed by atoms with Crippen molar-refractivity contribution in [2.75, 3.05) is 13.2 Å². The summed E-state index contributed by atoms with van der Waals surface area (Å²) in [7, 11) is 0. The van der Waals surface area contributed by atoms with Gasteiger partial charge in [-0.05, 0) is 49.7 Å². The quantitative estimate of drug-likeness (QED) is 0.569. The fourth-order valence-electron chi connectivity index (χ4n) is 2.76. The molecular formula is C20H19F3N2O2S. The third-order valence-corrected chi connectivity index (χ3v) is 5.18. The molecule has 1 aromatic heterocycles. The number of alkyl halides is 3. The largest absolute Gasteiger partial charge is 0.416 e. The Bertz CT molecular complexity index is 1070. The number of nitrogens with zero attached hydrogens (tertiary/aromatic N) is 2. The van der Waals surface area contributed by atoms with Crippen molar-refractivity contribution in [1.82, 2.24) is 4.57 Å². The first kappa shape index (κ1) is 20.3. The minimum Gasteiger partial charge on any atom is -0.380 e. The van der Waals surface area contributed by atoms with Crippen LogP contribution in [0.15, 0.2) is 47.5 Å². The predicted octanol–water partition coefficient (Wildman–Crippen LogP) is 4.81. The lowest BCUT2D eigenvalue weighted by atomic mass is 10.1. The highest BCUT2D eigenvalue weighted by Gasteiger charge is 2.30. The average molecular weight is 408 g/mol. The van der Waals surface area contributed by atoms with Gasteiger partial charge in [0.1, 0.15) is 0 Å². The van der Waals surface area contributed by atoms with E-state index < -0.39 is 17.6 Å². The Morgan fingerprint density at radius 1 is 1.21 bits per heavy atom. The normalized spacial score (nSPS) is 12.7. The van der Waals surface area contributed by atoms with E-state index in [1.807, 2.05) is 36.6 Å². The van der Waals surface area contributed by atoms with E-state index in [1.54, 1.807) is 0 Å². The predicted molar refractivity (Wildman–Crippen MR) is 102 cm³/mol. The highest BCUT2D eigenvalue weighted by molar-refractivity contribution is 7.16. The summed E-state index contributed by atoms with van der Waals surface area (Å²) < 4.78 is 47.0. The molecule has 3 rings (SSSR count). The van der Waals surface area contributed by atoms with Gasteiger partial charge in [-0.2, -0.15) is 18.2 Å². The van der Waals surface area contributed by atoms with Crippen LogP contribution in [-0.2, 0) is 17.5 Å². The molecule has 0 aliphatic rings. The maximum Gasteiger partial charge on any atom is 0.416 e. The highest BCUT2D eigenvalue weighted by atomic mass is 32.1. The molecule has 0 aliphatic heterocycles. The third kappa shape index (κ3) is 4.51. The van der Waals surface area contributed by atoms with E-state index >= 15 is 0 Å². The maximum atomic E-state index is 12.9. The molecule has 8 heteroatoms. The molecule has 148 valence electrons. The van der Waals surface area contributed by atoms with E-state index in [0.29, 0.717) is 24.6 Å². The van der Waals surface area contributed by atoms with Crippen molar-refractivity contribution in [2.45, 2.75) is 26.6 Å².